The van der Waals surface area contributed by atoms with Crippen LogP contribution in [0.4, 0.5) is 0 Å². The second-order valence-electron chi connectivity index (χ2n) is 5.35. The molecule has 3 rings (SSSR count). The number of hydrogen-bond acceptors (Lipinski definition) is 2. The van der Waals surface area contributed by atoms with Crippen LogP contribution in [0.25, 0.3) is 0 Å². The number of aliphatic hydroxyl groups is 1. The van der Waals surface area contributed by atoms with Crippen molar-refractivity contribution in [2.24, 2.45) is 0 Å². The molecule has 1 aliphatic rings. The van der Waals surface area contributed by atoms with Gasteiger partial charge in [0.2, 0.25) is 0 Å². The van der Waals surface area contributed by atoms with E-state index in [9.17, 15) is 9.32 Å². The summed E-state index contributed by atoms with van der Waals surface area (Å²) in [6.07, 6.45) is 4.40. The zero-order valence-corrected chi connectivity index (χ0v) is 12.5. The lowest BCUT2D eigenvalue weighted by atomic mass is 9.96. The minimum atomic E-state index is -1.28. The topological polar surface area (TPSA) is 37.3 Å². The Morgan fingerprint density at radius 2 is 1.67 bits per heavy atom. The fourth-order valence-corrected chi connectivity index (χ4v) is 4.52. The molecule has 1 N–H and O–H groups in total. The molecule has 0 bridgehead atoms. The lowest BCUT2D eigenvalue weighted by Gasteiger charge is -2.31. The van der Waals surface area contributed by atoms with Gasteiger partial charge in [0.15, 0.2) is 0 Å². The van der Waals surface area contributed by atoms with E-state index in [1.54, 1.807) is 0 Å². The van der Waals surface area contributed by atoms with E-state index in [2.05, 4.69) is 0 Å². The third-order valence-corrected chi connectivity index (χ3v) is 5.89. The molecule has 0 aromatic heterocycles. The van der Waals surface area contributed by atoms with E-state index < -0.39 is 21.7 Å². The maximum atomic E-state index is 13.1. The molecule has 0 fully saturated rings. The van der Waals surface area contributed by atoms with Crippen LogP contribution in [-0.4, -0.2) is 20.2 Å². The molecule has 21 heavy (non-hydrogen) atoms. The van der Waals surface area contributed by atoms with Crippen LogP contribution in [0.5, 0.6) is 0 Å². The van der Waals surface area contributed by atoms with Crippen molar-refractivity contribution in [1.29, 1.82) is 0 Å². The molecule has 3 atom stereocenters. The van der Waals surface area contributed by atoms with Crippen molar-refractivity contribution in [1.82, 2.24) is 0 Å². The van der Waals surface area contributed by atoms with E-state index in [-0.39, 0.29) is 0 Å². The molecule has 1 aliphatic carbocycles. The normalized spacial score (nSPS) is 25.9. The lowest BCUT2D eigenvalue weighted by Crippen LogP contribution is -2.43. The molecular weight excluding hydrogens is 280 g/mol. The monoisotopic (exact) mass is 298 g/mol. The molecule has 108 valence electrons. The first-order chi connectivity index (χ1) is 10.2. The summed E-state index contributed by atoms with van der Waals surface area (Å²) in [6, 6.07) is 19.3. The largest absolute Gasteiger partial charge is 0.391 e. The molecule has 0 saturated heterocycles. The molecule has 2 aromatic rings. The van der Waals surface area contributed by atoms with Crippen molar-refractivity contribution in [3.8, 4) is 0 Å². The Kier molecular flexibility index (Phi) is 4.04. The first-order valence-corrected chi connectivity index (χ1v) is 8.24. The Morgan fingerprint density at radius 1 is 1.05 bits per heavy atom. The Balaban J connectivity index is 1.98. The molecule has 0 amide bonds. The number of aliphatic hydroxyl groups excluding tert-OH is 1. The van der Waals surface area contributed by atoms with E-state index in [0.717, 1.165) is 10.5 Å². The standard InChI is InChI=1S/C18H18O2S/c19-17-12-7-13-18(17,14-15-8-3-1-4-9-15)21(20)16-10-5-2-6-11-16/h1-11,13,17,19H,12,14H2/t17-,18-,21?/m0/s1. The predicted molar refractivity (Wildman–Crippen MR) is 85.5 cm³/mol. The van der Waals surface area contributed by atoms with Crippen LogP contribution in [0.2, 0.25) is 0 Å². The van der Waals surface area contributed by atoms with Gasteiger partial charge in [-0.25, -0.2) is 0 Å². The molecule has 0 radical (unpaired) electrons. The maximum Gasteiger partial charge on any atom is 0.0985 e. The van der Waals surface area contributed by atoms with Gasteiger partial charge < -0.3 is 5.11 Å². The van der Waals surface area contributed by atoms with Crippen LogP contribution in [-0.2, 0) is 17.2 Å². The molecule has 1 unspecified atom stereocenters. The summed E-state index contributed by atoms with van der Waals surface area (Å²) in [5, 5.41) is 10.5. The Labute approximate surface area is 127 Å². The second-order valence-corrected chi connectivity index (χ2v) is 7.12. The molecule has 0 spiro atoms. The number of hydrogen-bond donors (Lipinski definition) is 1. The van der Waals surface area contributed by atoms with E-state index in [1.807, 2.05) is 72.8 Å². The maximum absolute atomic E-state index is 13.1. The van der Waals surface area contributed by atoms with Crippen molar-refractivity contribution >= 4 is 10.8 Å². The highest BCUT2D eigenvalue weighted by Crippen LogP contribution is 2.36. The Hall–Kier alpha value is -1.71. The van der Waals surface area contributed by atoms with Gasteiger partial charge in [0, 0.05) is 4.90 Å². The third-order valence-electron chi connectivity index (χ3n) is 3.95. The van der Waals surface area contributed by atoms with E-state index in [0.29, 0.717) is 12.8 Å². The average Bonchev–Trinajstić information content (AvgIpc) is 2.90. The van der Waals surface area contributed by atoms with Crippen LogP contribution >= 0.6 is 0 Å². The molecular formula is C18H18O2S. The highest BCUT2D eigenvalue weighted by Gasteiger charge is 2.44. The molecule has 3 heteroatoms. The summed E-state index contributed by atoms with van der Waals surface area (Å²) in [5.41, 5.74) is 1.09. The third kappa shape index (κ3) is 2.71. The van der Waals surface area contributed by atoms with Gasteiger partial charge in [0.1, 0.15) is 0 Å². The summed E-state index contributed by atoms with van der Waals surface area (Å²) >= 11 is 0. The smallest absolute Gasteiger partial charge is 0.0985 e. The van der Waals surface area contributed by atoms with E-state index in [1.165, 1.54) is 0 Å². The summed E-state index contributed by atoms with van der Waals surface area (Å²) < 4.78 is 12.4. The zero-order valence-electron chi connectivity index (χ0n) is 11.7. The van der Waals surface area contributed by atoms with Gasteiger partial charge in [-0.15, -0.1) is 0 Å². The van der Waals surface area contributed by atoms with Gasteiger partial charge in [0.05, 0.1) is 21.7 Å². The average molecular weight is 298 g/mol. The van der Waals surface area contributed by atoms with Gasteiger partial charge >= 0.3 is 0 Å². The summed E-state index contributed by atoms with van der Waals surface area (Å²) in [6.45, 7) is 0. The van der Waals surface area contributed by atoms with Crippen molar-refractivity contribution in [3.05, 3.63) is 78.4 Å². The second kappa shape index (κ2) is 5.96. The fourth-order valence-electron chi connectivity index (χ4n) is 2.81. The van der Waals surface area contributed by atoms with Gasteiger partial charge in [-0.05, 0) is 30.5 Å². The first kappa shape index (κ1) is 14.2. The van der Waals surface area contributed by atoms with Crippen LogP contribution in [0.15, 0.2) is 77.7 Å². The Bertz CT molecular complexity index is 651. The molecule has 0 saturated carbocycles. The summed E-state index contributed by atoms with van der Waals surface area (Å²) in [5.74, 6) is 0. The summed E-state index contributed by atoms with van der Waals surface area (Å²) in [7, 11) is -1.28. The van der Waals surface area contributed by atoms with Crippen LogP contribution in [0.3, 0.4) is 0 Å². The van der Waals surface area contributed by atoms with Crippen LogP contribution in [0, 0.1) is 0 Å². The van der Waals surface area contributed by atoms with Crippen LogP contribution < -0.4 is 0 Å². The van der Waals surface area contributed by atoms with Crippen molar-refractivity contribution < 1.29 is 9.32 Å². The first-order valence-electron chi connectivity index (χ1n) is 7.09. The predicted octanol–water partition coefficient (Wildman–Crippen LogP) is 3.10. The minimum absolute atomic E-state index is 0.561. The number of rotatable bonds is 4. The summed E-state index contributed by atoms with van der Waals surface area (Å²) in [4.78, 5) is 0.763. The Morgan fingerprint density at radius 3 is 2.24 bits per heavy atom. The lowest BCUT2D eigenvalue weighted by molar-refractivity contribution is 0.156. The van der Waals surface area contributed by atoms with Gasteiger partial charge in [-0.1, -0.05) is 60.7 Å². The number of benzene rings is 2. The van der Waals surface area contributed by atoms with Crippen LogP contribution in [0.1, 0.15) is 12.0 Å². The molecule has 0 aliphatic heterocycles. The molecule has 2 nitrogen and oxygen atoms in total. The molecule has 2 aromatic carbocycles. The van der Waals surface area contributed by atoms with Crippen molar-refractivity contribution in [2.45, 2.75) is 28.6 Å². The van der Waals surface area contributed by atoms with Gasteiger partial charge in [0.25, 0.3) is 0 Å². The minimum Gasteiger partial charge on any atom is -0.391 e. The van der Waals surface area contributed by atoms with Crippen molar-refractivity contribution in [3.63, 3.8) is 0 Å². The van der Waals surface area contributed by atoms with Crippen molar-refractivity contribution in [2.75, 3.05) is 0 Å². The SMILES string of the molecule is O=S(c1ccccc1)[C@]1(Cc2ccccc2)C=CC[C@@H]1O. The van der Waals surface area contributed by atoms with E-state index >= 15 is 0 Å². The highest BCUT2D eigenvalue weighted by molar-refractivity contribution is 7.86. The molecule has 0 heterocycles. The highest BCUT2D eigenvalue weighted by atomic mass is 32.2. The zero-order chi connectivity index (χ0) is 14.7. The fraction of sp³-hybridized carbons (Fsp3) is 0.222. The van der Waals surface area contributed by atoms with E-state index in [4.69, 9.17) is 0 Å². The van der Waals surface area contributed by atoms with Gasteiger partial charge in [-0.2, -0.15) is 0 Å². The van der Waals surface area contributed by atoms with Gasteiger partial charge in [-0.3, -0.25) is 4.21 Å². The quantitative estimate of drug-likeness (QED) is 0.881.